The molecule has 0 saturated heterocycles. The highest BCUT2D eigenvalue weighted by atomic mass is 19.1. The zero-order valence-electron chi connectivity index (χ0n) is 16.6. The number of benzene rings is 1. The molecule has 0 unspecified atom stereocenters. The number of methoxy groups -OCH3 is 1. The molecule has 0 bridgehead atoms. The number of hydrogen-bond donors (Lipinski definition) is 0. The highest BCUT2D eigenvalue weighted by Crippen LogP contribution is 2.45. The summed E-state index contributed by atoms with van der Waals surface area (Å²) in [4.78, 5) is 0. The Kier molecular flexibility index (Phi) is 7.16. The molecule has 144 valence electrons. The molecule has 0 atom stereocenters. The van der Waals surface area contributed by atoms with E-state index in [0.29, 0.717) is 18.3 Å². The Bertz CT molecular complexity index is 578. The summed E-state index contributed by atoms with van der Waals surface area (Å²) in [5, 5.41) is 0. The fraction of sp³-hybridized carbons (Fsp3) is 0.667. The lowest BCUT2D eigenvalue weighted by atomic mass is 9.68. The normalized spacial score (nSPS) is 29.8. The zero-order chi connectivity index (χ0) is 18.4. The summed E-state index contributed by atoms with van der Waals surface area (Å²) >= 11 is 0. The lowest BCUT2D eigenvalue weighted by molar-refractivity contribution is 0.171. The minimum atomic E-state index is -0.220. The Morgan fingerprint density at radius 2 is 1.65 bits per heavy atom. The van der Waals surface area contributed by atoms with E-state index in [9.17, 15) is 4.39 Å². The Morgan fingerprint density at radius 1 is 1.00 bits per heavy atom. The van der Waals surface area contributed by atoms with Crippen LogP contribution in [0.3, 0.4) is 0 Å². The third-order valence-electron chi connectivity index (χ3n) is 6.87. The van der Waals surface area contributed by atoms with Crippen LogP contribution in [0.2, 0.25) is 0 Å². The van der Waals surface area contributed by atoms with Gasteiger partial charge in [0.25, 0.3) is 0 Å². The highest BCUT2D eigenvalue weighted by molar-refractivity contribution is 5.37. The van der Waals surface area contributed by atoms with Gasteiger partial charge in [-0.15, -0.1) is 0 Å². The van der Waals surface area contributed by atoms with Crippen molar-refractivity contribution < 1.29 is 9.13 Å². The summed E-state index contributed by atoms with van der Waals surface area (Å²) in [6.07, 6.45) is 15.7. The summed E-state index contributed by atoms with van der Waals surface area (Å²) < 4.78 is 17.7. The third kappa shape index (κ3) is 4.90. The number of rotatable bonds is 6. The van der Waals surface area contributed by atoms with Gasteiger partial charge in [0, 0.05) is 0 Å². The third-order valence-corrected chi connectivity index (χ3v) is 6.87. The predicted molar refractivity (Wildman–Crippen MR) is 108 cm³/mol. The van der Waals surface area contributed by atoms with E-state index < -0.39 is 0 Å². The van der Waals surface area contributed by atoms with Crippen LogP contribution >= 0.6 is 0 Å². The van der Waals surface area contributed by atoms with Gasteiger partial charge in [0.05, 0.1) is 13.8 Å². The molecule has 0 aromatic heterocycles. The molecule has 3 rings (SSSR count). The fourth-order valence-corrected chi connectivity index (χ4v) is 5.25. The largest absolute Gasteiger partial charge is 0.497 e. The van der Waals surface area contributed by atoms with Crippen LogP contribution in [0.5, 0.6) is 5.75 Å². The van der Waals surface area contributed by atoms with Crippen molar-refractivity contribution in [2.75, 3.05) is 13.8 Å². The molecule has 0 heterocycles. The summed E-state index contributed by atoms with van der Waals surface area (Å²) in [5.74, 6) is 4.25. The van der Waals surface area contributed by atoms with Gasteiger partial charge in [-0.25, -0.2) is 0 Å². The van der Waals surface area contributed by atoms with Crippen molar-refractivity contribution in [3.05, 3.63) is 41.5 Å². The fourth-order valence-electron chi connectivity index (χ4n) is 5.25. The van der Waals surface area contributed by atoms with E-state index in [0.717, 1.165) is 17.6 Å². The molecule has 2 heteroatoms. The lowest BCUT2D eigenvalue weighted by Gasteiger charge is -2.37. The first kappa shape index (κ1) is 19.5. The minimum Gasteiger partial charge on any atom is -0.497 e. The number of allylic oxidation sites excluding steroid dienone is 2. The molecular formula is C24H35FO. The molecule has 2 aliphatic rings. The quantitative estimate of drug-likeness (QED) is 0.497. The van der Waals surface area contributed by atoms with Crippen molar-refractivity contribution >= 4 is 0 Å². The number of aryl methyl sites for hydroxylation is 1. The summed E-state index contributed by atoms with van der Waals surface area (Å²) in [6.45, 7) is 2.01. The topological polar surface area (TPSA) is 9.23 Å². The van der Waals surface area contributed by atoms with Crippen LogP contribution in [0, 0.1) is 24.7 Å². The van der Waals surface area contributed by atoms with Gasteiger partial charge in [0.1, 0.15) is 5.75 Å². The molecule has 1 nitrogen and oxygen atoms in total. The Morgan fingerprint density at radius 3 is 2.27 bits per heavy atom. The maximum Gasteiger partial charge on any atom is 0.119 e. The molecule has 1 aromatic carbocycles. The molecule has 0 aliphatic heterocycles. The molecule has 2 fully saturated rings. The second-order valence-electron chi connectivity index (χ2n) is 8.41. The van der Waals surface area contributed by atoms with E-state index in [4.69, 9.17) is 4.74 Å². The minimum absolute atomic E-state index is 0.220. The first-order valence-electron chi connectivity index (χ1n) is 10.6. The van der Waals surface area contributed by atoms with E-state index in [2.05, 4.69) is 31.2 Å². The molecular weight excluding hydrogens is 323 g/mol. The van der Waals surface area contributed by atoms with E-state index >= 15 is 0 Å². The van der Waals surface area contributed by atoms with Gasteiger partial charge >= 0.3 is 0 Å². The standard InChI is InChI=1S/C24H35FO/c1-18-6-15-23(26-2)17-24(18)22-13-11-21(12-14-22)20-9-7-19(8-10-20)5-3-4-16-25/h3,5-6,15,17,19-22H,4,7-14,16H2,1-2H3/b5-3+. The molecule has 0 N–H and O–H groups in total. The highest BCUT2D eigenvalue weighted by Gasteiger charge is 2.31. The summed E-state index contributed by atoms with van der Waals surface area (Å²) in [7, 11) is 1.76. The number of hydrogen-bond acceptors (Lipinski definition) is 1. The molecule has 26 heavy (non-hydrogen) atoms. The van der Waals surface area contributed by atoms with Crippen molar-refractivity contribution in [1.29, 1.82) is 0 Å². The van der Waals surface area contributed by atoms with Gasteiger partial charge < -0.3 is 4.74 Å². The SMILES string of the molecule is COc1ccc(C)c(C2CCC(C3CCC(/C=C/CCF)CC3)CC2)c1. The lowest BCUT2D eigenvalue weighted by Crippen LogP contribution is -2.25. The Balaban J connectivity index is 1.49. The first-order chi connectivity index (χ1) is 12.7. The van der Waals surface area contributed by atoms with Crippen molar-refractivity contribution in [1.82, 2.24) is 0 Å². The van der Waals surface area contributed by atoms with Gasteiger partial charge in [0.2, 0.25) is 0 Å². The molecule has 0 amide bonds. The molecule has 1 aromatic rings. The number of alkyl halides is 1. The van der Waals surface area contributed by atoms with Gasteiger partial charge in [-0.3, -0.25) is 4.39 Å². The number of ether oxygens (including phenoxy) is 1. The monoisotopic (exact) mass is 358 g/mol. The molecule has 2 aliphatic carbocycles. The van der Waals surface area contributed by atoms with Gasteiger partial charge in [-0.2, -0.15) is 0 Å². The van der Waals surface area contributed by atoms with Crippen molar-refractivity contribution in [2.24, 2.45) is 17.8 Å². The number of halogens is 1. The summed E-state index contributed by atoms with van der Waals surface area (Å²) in [5.41, 5.74) is 2.92. The maximum atomic E-state index is 12.2. The van der Waals surface area contributed by atoms with Crippen LogP contribution in [0.25, 0.3) is 0 Å². The molecule has 0 spiro atoms. The smallest absolute Gasteiger partial charge is 0.119 e. The van der Waals surface area contributed by atoms with Gasteiger partial charge in [-0.05, 0) is 112 Å². The van der Waals surface area contributed by atoms with Crippen LogP contribution in [0.1, 0.15) is 74.8 Å². The zero-order valence-corrected chi connectivity index (χ0v) is 16.6. The average Bonchev–Trinajstić information content (AvgIpc) is 2.69. The first-order valence-corrected chi connectivity index (χ1v) is 10.6. The van der Waals surface area contributed by atoms with Crippen molar-refractivity contribution in [3.63, 3.8) is 0 Å². The van der Waals surface area contributed by atoms with E-state index in [1.807, 2.05) is 6.08 Å². The van der Waals surface area contributed by atoms with E-state index in [1.165, 1.54) is 62.5 Å². The van der Waals surface area contributed by atoms with Crippen LogP contribution in [0.4, 0.5) is 4.39 Å². The van der Waals surface area contributed by atoms with Crippen molar-refractivity contribution in [3.8, 4) is 5.75 Å². The predicted octanol–water partition coefficient (Wildman–Crippen LogP) is 7.00. The Labute approximate surface area is 159 Å². The van der Waals surface area contributed by atoms with Gasteiger partial charge in [0.15, 0.2) is 0 Å². The second-order valence-corrected chi connectivity index (χ2v) is 8.41. The van der Waals surface area contributed by atoms with Gasteiger partial charge in [-0.1, -0.05) is 18.2 Å². The Hall–Kier alpha value is -1.31. The van der Waals surface area contributed by atoms with Crippen molar-refractivity contribution in [2.45, 2.75) is 70.6 Å². The van der Waals surface area contributed by atoms with Crippen LogP contribution in [-0.4, -0.2) is 13.8 Å². The molecule has 2 saturated carbocycles. The average molecular weight is 359 g/mol. The molecule has 0 radical (unpaired) electrons. The maximum absolute atomic E-state index is 12.2. The van der Waals surface area contributed by atoms with E-state index in [1.54, 1.807) is 7.11 Å². The van der Waals surface area contributed by atoms with Crippen LogP contribution in [0.15, 0.2) is 30.4 Å². The summed E-state index contributed by atoms with van der Waals surface area (Å²) in [6, 6.07) is 6.54. The second kappa shape index (κ2) is 9.58. The van der Waals surface area contributed by atoms with E-state index in [-0.39, 0.29) is 6.67 Å². The van der Waals surface area contributed by atoms with Crippen LogP contribution < -0.4 is 4.74 Å². The van der Waals surface area contributed by atoms with Crippen LogP contribution in [-0.2, 0) is 0 Å².